The number of benzene rings is 2. The third kappa shape index (κ3) is 5.11. The maximum atomic E-state index is 13.1. The maximum Gasteiger partial charge on any atom is 0.416 e. The molecule has 0 radical (unpaired) electrons. The van der Waals surface area contributed by atoms with Crippen LogP contribution in [0.4, 0.5) is 24.7 Å². The Hall–Kier alpha value is -3.53. The zero-order valence-corrected chi connectivity index (χ0v) is 18.0. The average Bonchev–Trinajstić information content (AvgIpc) is 3.11. The lowest BCUT2D eigenvalue weighted by Crippen LogP contribution is -2.22. The van der Waals surface area contributed by atoms with Crippen LogP contribution in [0.2, 0.25) is 5.02 Å². The smallest absolute Gasteiger partial charge is 0.416 e. The number of amides is 2. The molecule has 2 N–H and O–H groups in total. The fourth-order valence-electron chi connectivity index (χ4n) is 3.40. The quantitative estimate of drug-likeness (QED) is 0.554. The van der Waals surface area contributed by atoms with Crippen LogP contribution in [0.5, 0.6) is 5.75 Å². The van der Waals surface area contributed by atoms with Gasteiger partial charge >= 0.3 is 6.18 Å². The lowest BCUT2D eigenvalue weighted by molar-refractivity contribution is -0.137. The highest BCUT2D eigenvalue weighted by Crippen LogP contribution is 2.34. The average molecular weight is 479 g/mol. The van der Waals surface area contributed by atoms with Crippen molar-refractivity contribution in [3.8, 4) is 11.4 Å². The molecule has 0 unspecified atom stereocenters. The topological polar surface area (TPSA) is 85.2 Å². The molecule has 2 aromatic carbocycles. The van der Waals surface area contributed by atoms with Gasteiger partial charge in [0.1, 0.15) is 11.6 Å². The van der Waals surface area contributed by atoms with E-state index in [4.69, 9.17) is 16.3 Å². The molecule has 4 rings (SSSR count). The molecule has 1 aliphatic heterocycles. The molecule has 11 heteroatoms. The first-order chi connectivity index (χ1) is 15.6. The molecule has 0 fully saturated rings. The van der Waals surface area contributed by atoms with Gasteiger partial charge in [0, 0.05) is 18.2 Å². The summed E-state index contributed by atoms with van der Waals surface area (Å²) in [5.41, 5.74) is 1.17. The Balaban J connectivity index is 1.49. The van der Waals surface area contributed by atoms with Crippen molar-refractivity contribution in [2.75, 3.05) is 17.2 Å². The highest BCUT2D eigenvalue weighted by Gasteiger charge is 2.31. The molecule has 33 heavy (non-hydrogen) atoms. The van der Waals surface area contributed by atoms with Gasteiger partial charge in [-0.25, -0.2) is 4.68 Å². The Morgan fingerprint density at radius 2 is 2.00 bits per heavy atom. The van der Waals surface area contributed by atoms with Crippen LogP contribution in [0.3, 0.4) is 0 Å². The number of fused-ring (bicyclic) bond motifs is 1. The van der Waals surface area contributed by atoms with Gasteiger partial charge in [-0.15, -0.1) is 0 Å². The largest absolute Gasteiger partial charge is 0.484 e. The summed E-state index contributed by atoms with van der Waals surface area (Å²) in [7, 11) is 0. The monoisotopic (exact) mass is 478 g/mol. The van der Waals surface area contributed by atoms with E-state index in [2.05, 4.69) is 15.7 Å². The van der Waals surface area contributed by atoms with Crippen molar-refractivity contribution >= 4 is 34.9 Å². The van der Waals surface area contributed by atoms with Gasteiger partial charge in [0.2, 0.25) is 5.91 Å². The zero-order valence-electron chi connectivity index (χ0n) is 17.3. The van der Waals surface area contributed by atoms with Gasteiger partial charge in [0.15, 0.2) is 6.61 Å². The Bertz CT molecular complexity index is 1240. The fraction of sp³-hybridized carbons (Fsp3) is 0.227. The summed E-state index contributed by atoms with van der Waals surface area (Å²) in [6.45, 7) is 1.29. The van der Waals surface area contributed by atoms with E-state index in [9.17, 15) is 22.8 Å². The second-order valence-corrected chi connectivity index (χ2v) is 7.86. The van der Waals surface area contributed by atoms with Crippen LogP contribution >= 0.6 is 11.6 Å². The predicted molar refractivity (Wildman–Crippen MR) is 116 cm³/mol. The first-order valence-electron chi connectivity index (χ1n) is 9.89. The van der Waals surface area contributed by atoms with Gasteiger partial charge in [-0.3, -0.25) is 9.59 Å². The van der Waals surface area contributed by atoms with Crippen LogP contribution in [-0.2, 0) is 22.2 Å². The van der Waals surface area contributed by atoms with Gasteiger partial charge < -0.3 is 15.4 Å². The standard InChI is InChI=1S/C22H18ClF3N4O3/c1-12-8-19(30(29-12)18-10-14(22(24,25)26)3-5-16(18)23)28-21(32)11-33-15-4-6-17-13(9-15)2-7-20(31)27-17/h3-6,8-10H,2,7,11H2,1H3,(H,27,31)(H,28,32). The van der Waals surface area contributed by atoms with E-state index in [0.717, 1.165) is 28.4 Å². The van der Waals surface area contributed by atoms with Crippen molar-refractivity contribution in [1.82, 2.24) is 9.78 Å². The van der Waals surface area contributed by atoms with E-state index in [0.29, 0.717) is 30.0 Å². The molecule has 1 aromatic heterocycles. The van der Waals surface area contributed by atoms with Crippen molar-refractivity contribution in [3.63, 3.8) is 0 Å². The molecule has 0 bridgehead atoms. The van der Waals surface area contributed by atoms with Gasteiger partial charge in [0.25, 0.3) is 5.91 Å². The molecular formula is C22H18ClF3N4O3. The number of ether oxygens (including phenoxy) is 1. The highest BCUT2D eigenvalue weighted by molar-refractivity contribution is 6.32. The predicted octanol–water partition coefficient (Wildman–Crippen LogP) is 4.76. The van der Waals surface area contributed by atoms with Crippen LogP contribution in [0.1, 0.15) is 23.2 Å². The number of hydrogen-bond acceptors (Lipinski definition) is 4. The summed E-state index contributed by atoms with van der Waals surface area (Å²) in [4.78, 5) is 23.9. The molecule has 0 aliphatic carbocycles. The van der Waals surface area contributed by atoms with Crippen LogP contribution in [0, 0.1) is 6.92 Å². The van der Waals surface area contributed by atoms with Crippen molar-refractivity contribution in [2.24, 2.45) is 0 Å². The molecule has 172 valence electrons. The number of alkyl halides is 3. The Kier molecular flexibility index (Phi) is 6.03. The summed E-state index contributed by atoms with van der Waals surface area (Å²) >= 11 is 6.12. The number of carbonyl (C=O) groups excluding carboxylic acids is 2. The van der Waals surface area contributed by atoms with Gasteiger partial charge in [-0.05, 0) is 55.3 Å². The molecule has 0 saturated heterocycles. The molecule has 0 spiro atoms. The lowest BCUT2D eigenvalue weighted by atomic mass is 10.0. The minimum atomic E-state index is -4.56. The van der Waals surface area contributed by atoms with Crippen LogP contribution in [0.15, 0.2) is 42.5 Å². The zero-order chi connectivity index (χ0) is 23.8. The van der Waals surface area contributed by atoms with Crippen molar-refractivity contribution in [2.45, 2.75) is 25.9 Å². The van der Waals surface area contributed by atoms with E-state index in [1.807, 2.05) is 0 Å². The number of hydrogen-bond donors (Lipinski definition) is 2. The third-order valence-corrected chi connectivity index (χ3v) is 5.26. The number of carbonyl (C=O) groups is 2. The minimum Gasteiger partial charge on any atom is -0.484 e. The molecule has 2 heterocycles. The SMILES string of the molecule is Cc1cc(NC(=O)COc2ccc3c(c2)CCC(=O)N3)n(-c2cc(C(F)(F)F)ccc2Cl)n1. The molecule has 0 saturated carbocycles. The van der Waals surface area contributed by atoms with Crippen LogP contribution < -0.4 is 15.4 Å². The number of aromatic nitrogens is 2. The summed E-state index contributed by atoms with van der Waals surface area (Å²) in [5, 5.41) is 9.56. The summed E-state index contributed by atoms with van der Waals surface area (Å²) in [6, 6.07) is 9.46. The molecule has 2 amide bonds. The molecular weight excluding hydrogens is 461 g/mol. The Labute approximate surface area is 191 Å². The van der Waals surface area contributed by atoms with Crippen LogP contribution in [-0.4, -0.2) is 28.2 Å². The molecule has 0 atom stereocenters. The van der Waals surface area contributed by atoms with E-state index in [1.54, 1.807) is 25.1 Å². The molecule has 7 nitrogen and oxygen atoms in total. The van der Waals surface area contributed by atoms with Gasteiger partial charge in [0.05, 0.1) is 22.0 Å². The Morgan fingerprint density at radius 3 is 2.76 bits per heavy atom. The molecule has 1 aliphatic rings. The van der Waals surface area contributed by atoms with Gasteiger partial charge in [-0.1, -0.05) is 11.6 Å². The van der Waals surface area contributed by atoms with E-state index in [1.165, 1.54) is 6.07 Å². The van der Waals surface area contributed by atoms with Crippen LogP contribution in [0.25, 0.3) is 5.69 Å². The van der Waals surface area contributed by atoms with E-state index < -0.39 is 17.6 Å². The summed E-state index contributed by atoms with van der Waals surface area (Å²) in [5.74, 6) is 0.00901. The minimum absolute atomic E-state index is 0.0208. The molecule has 3 aromatic rings. The normalized spacial score (nSPS) is 13.3. The second-order valence-electron chi connectivity index (χ2n) is 7.45. The van der Waals surface area contributed by atoms with Crippen molar-refractivity contribution in [1.29, 1.82) is 0 Å². The first-order valence-corrected chi connectivity index (χ1v) is 10.3. The number of nitrogens with zero attached hydrogens (tertiary/aromatic N) is 2. The van der Waals surface area contributed by atoms with E-state index >= 15 is 0 Å². The maximum absolute atomic E-state index is 13.1. The van der Waals surface area contributed by atoms with Crippen molar-refractivity contribution < 1.29 is 27.5 Å². The Morgan fingerprint density at radius 1 is 1.21 bits per heavy atom. The summed E-state index contributed by atoms with van der Waals surface area (Å²) < 4.78 is 46.1. The summed E-state index contributed by atoms with van der Waals surface area (Å²) in [6.07, 6.45) is -3.62. The number of nitrogens with one attached hydrogen (secondary N) is 2. The number of rotatable bonds is 5. The fourth-order valence-corrected chi connectivity index (χ4v) is 3.60. The lowest BCUT2D eigenvalue weighted by Gasteiger charge is -2.17. The number of aryl methyl sites for hydroxylation is 2. The highest BCUT2D eigenvalue weighted by atomic mass is 35.5. The third-order valence-electron chi connectivity index (χ3n) is 4.94. The van der Waals surface area contributed by atoms with Crippen molar-refractivity contribution in [3.05, 3.63) is 64.3 Å². The number of halogens is 4. The first kappa shape index (κ1) is 22.7. The van der Waals surface area contributed by atoms with E-state index in [-0.39, 0.29) is 29.0 Å². The number of anilines is 2. The van der Waals surface area contributed by atoms with Gasteiger partial charge in [-0.2, -0.15) is 18.3 Å². The second kappa shape index (κ2) is 8.78.